The molecule has 3 aromatic heterocycles. The number of nitrogens with zero attached hydrogens (tertiary/aromatic N) is 5. The van der Waals surface area contributed by atoms with Crippen LogP contribution < -0.4 is 10.1 Å². The van der Waals surface area contributed by atoms with Gasteiger partial charge in [0.05, 0.1) is 48.1 Å². The fourth-order valence-corrected chi connectivity index (χ4v) is 5.03. The van der Waals surface area contributed by atoms with Crippen LogP contribution in [0.3, 0.4) is 0 Å². The Bertz CT molecular complexity index is 1370. The number of benzene rings is 1. The first-order chi connectivity index (χ1) is 17.9. The van der Waals surface area contributed by atoms with Crippen molar-refractivity contribution in [1.29, 1.82) is 0 Å². The molecule has 1 saturated carbocycles. The van der Waals surface area contributed by atoms with E-state index in [4.69, 9.17) is 26.5 Å². The number of hydrogen-bond acceptors (Lipinski definition) is 7. The van der Waals surface area contributed by atoms with Crippen LogP contribution in [0.2, 0.25) is 5.02 Å². The quantitative estimate of drug-likeness (QED) is 0.294. The minimum Gasteiger partial charge on any atom is -0.489 e. The van der Waals surface area contributed by atoms with Crippen molar-refractivity contribution in [3.05, 3.63) is 53.7 Å². The van der Waals surface area contributed by atoms with Crippen LogP contribution in [0.15, 0.2) is 42.9 Å². The standard InChI is InChI=1S/C26H30ClFN6O3/c1-2-29-25-10-23-21(12-30-25)26(16-11-31-33(13-16)14-19(36)15-35)32-34(23)18-4-6-20(7-5-18)37-24-8-3-17(28)9-22(24)27/h3,8-13,18-20,35-36H,2,4-7,14-15H2,1H3,(H,29,30)/t18-,19-,20+/m1/s1. The first kappa shape index (κ1) is 25.4. The topological polar surface area (TPSA) is 110 Å². The molecule has 0 aliphatic heterocycles. The van der Waals surface area contributed by atoms with E-state index in [1.54, 1.807) is 16.9 Å². The van der Waals surface area contributed by atoms with E-state index in [0.717, 1.165) is 60.2 Å². The zero-order chi connectivity index (χ0) is 25.9. The summed E-state index contributed by atoms with van der Waals surface area (Å²) in [7, 11) is 0. The summed E-state index contributed by atoms with van der Waals surface area (Å²) < 4.78 is 23.1. The second kappa shape index (κ2) is 11.0. The number of halogens is 2. The van der Waals surface area contributed by atoms with E-state index in [9.17, 15) is 9.50 Å². The van der Waals surface area contributed by atoms with E-state index < -0.39 is 6.10 Å². The normalized spacial score (nSPS) is 18.7. The zero-order valence-electron chi connectivity index (χ0n) is 20.5. The summed E-state index contributed by atoms with van der Waals surface area (Å²) in [6, 6.07) is 6.39. The van der Waals surface area contributed by atoms with Crippen LogP contribution in [0, 0.1) is 5.82 Å². The first-order valence-corrected chi connectivity index (χ1v) is 12.9. The Balaban J connectivity index is 1.39. The zero-order valence-corrected chi connectivity index (χ0v) is 21.3. The maximum absolute atomic E-state index is 13.4. The molecule has 5 rings (SSSR count). The molecule has 3 N–H and O–H groups in total. The molecule has 1 aliphatic carbocycles. The van der Waals surface area contributed by atoms with Crippen molar-refractivity contribution in [1.82, 2.24) is 24.5 Å². The number of hydrogen-bond donors (Lipinski definition) is 3. The minimum atomic E-state index is -0.881. The molecular formula is C26H30ClFN6O3. The number of pyridine rings is 1. The molecule has 1 aliphatic rings. The molecule has 0 saturated heterocycles. The first-order valence-electron chi connectivity index (χ1n) is 12.5. The van der Waals surface area contributed by atoms with Crippen LogP contribution in [0.5, 0.6) is 5.75 Å². The molecule has 1 aromatic carbocycles. The van der Waals surface area contributed by atoms with Crippen LogP contribution in [0.4, 0.5) is 10.2 Å². The van der Waals surface area contributed by atoms with Crippen LogP contribution >= 0.6 is 11.6 Å². The molecular weight excluding hydrogens is 499 g/mol. The minimum absolute atomic E-state index is 0.00400. The highest BCUT2D eigenvalue weighted by Crippen LogP contribution is 2.37. The summed E-state index contributed by atoms with van der Waals surface area (Å²) in [6.45, 7) is 2.65. The third kappa shape index (κ3) is 5.56. The highest BCUT2D eigenvalue weighted by atomic mass is 35.5. The van der Waals surface area contributed by atoms with Crippen LogP contribution in [-0.2, 0) is 6.54 Å². The molecule has 1 fully saturated rings. The van der Waals surface area contributed by atoms with Crippen molar-refractivity contribution < 1.29 is 19.3 Å². The number of aromatic nitrogens is 5. The van der Waals surface area contributed by atoms with Crippen molar-refractivity contribution in [2.45, 2.75) is 57.4 Å². The smallest absolute Gasteiger partial charge is 0.138 e. The third-order valence-corrected chi connectivity index (χ3v) is 6.94. The summed E-state index contributed by atoms with van der Waals surface area (Å²) in [4.78, 5) is 4.56. The molecule has 0 radical (unpaired) electrons. The van der Waals surface area contributed by atoms with Gasteiger partial charge in [-0.15, -0.1) is 0 Å². The van der Waals surface area contributed by atoms with E-state index in [0.29, 0.717) is 5.75 Å². The lowest BCUT2D eigenvalue weighted by molar-refractivity contribution is 0.0783. The number of aliphatic hydroxyl groups is 2. The van der Waals surface area contributed by atoms with Crippen LogP contribution in [0.1, 0.15) is 38.6 Å². The van der Waals surface area contributed by atoms with E-state index in [-0.39, 0.29) is 36.1 Å². The molecule has 11 heteroatoms. The maximum Gasteiger partial charge on any atom is 0.138 e. The summed E-state index contributed by atoms with van der Waals surface area (Å²) in [5.41, 5.74) is 2.57. The van der Waals surface area contributed by atoms with Crippen molar-refractivity contribution >= 4 is 28.3 Å². The molecule has 0 spiro atoms. The van der Waals surface area contributed by atoms with Crippen molar-refractivity contribution in [3.63, 3.8) is 0 Å². The Morgan fingerprint density at radius 3 is 2.76 bits per heavy atom. The van der Waals surface area contributed by atoms with Gasteiger partial charge in [-0.1, -0.05) is 11.6 Å². The average molecular weight is 529 g/mol. The summed E-state index contributed by atoms with van der Waals surface area (Å²) in [5, 5.41) is 32.7. The van der Waals surface area contributed by atoms with Gasteiger partial charge in [0.1, 0.15) is 23.1 Å². The molecule has 0 unspecified atom stereocenters. The highest BCUT2D eigenvalue weighted by molar-refractivity contribution is 6.32. The lowest BCUT2D eigenvalue weighted by Gasteiger charge is -2.29. The molecule has 4 aromatic rings. The SMILES string of the molecule is CCNc1cc2c(cn1)c(-c1cnn(C[C@@H](O)CO)c1)nn2[C@H]1CC[C@@H](Oc2ccc(F)cc2Cl)CC1. The Labute approximate surface area is 218 Å². The Kier molecular flexibility index (Phi) is 7.59. The number of rotatable bonds is 9. The average Bonchev–Trinajstić information content (AvgIpc) is 3.50. The second-order valence-electron chi connectivity index (χ2n) is 9.32. The molecule has 196 valence electrons. The van der Waals surface area contributed by atoms with Crippen molar-refractivity contribution in [2.75, 3.05) is 18.5 Å². The number of anilines is 1. The van der Waals surface area contributed by atoms with E-state index in [1.165, 1.54) is 12.1 Å². The van der Waals surface area contributed by atoms with Gasteiger partial charge in [0.15, 0.2) is 0 Å². The van der Waals surface area contributed by atoms with Gasteiger partial charge in [0.2, 0.25) is 0 Å². The molecule has 3 heterocycles. The van der Waals surface area contributed by atoms with Gasteiger partial charge in [-0.2, -0.15) is 10.2 Å². The lowest BCUT2D eigenvalue weighted by atomic mass is 9.93. The number of ether oxygens (including phenoxy) is 1. The summed E-state index contributed by atoms with van der Waals surface area (Å²) in [5.74, 6) is 0.902. The van der Waals surface area contributed by atoms with Gasteiger partial charge in [-0.05, 0) is 50.8 Å². The van der Waals surface area contributed by atoms with E-state index in [1.807, 2.05) is 25.4 Å². The van der Waals surface area contributed by atoms with Gasteiger partial charge in [0.25, 0.3) is 0 Å². The van der Waals surface area contributed by atoms with Crippen molar-refractivity contribution in [2.24, 2.45) is 0 Å². The fraction of sp³-hybridized carbons (Fsp3) is 0.423. The molecule has 1 atom stereocenters. The predicted molar refractivity (Wildman–Crippen MR) is 139 cm³/mol. The number of fused-ring (bicyclic) bond motifs is 1. The predicted octanol–water partition coefficient (Wildman–Crippen LogP) is 4.44. The number of aliphatic hydroxyl groups excluding tert-OH is 2. The summed E-state index contributed by atoms with van der Waals surface area (Å²) in [6.07, 6.45) is 7.84. The van der Waals surface area contributed by atoms with Crippen LogP contribution in [-0.4, -0.2) is 60.1 Å². The second-order valence-corrected chi connectivity index (χ2v) is 9.73. The Morgan fingerprint density at radius 1 is 1.22 bits per heavy atom. The Hall–Kier alpha value is -3.21. The van der Waals surface area contributed by atoms with Crippen molar-refractivity contribution in [3.8, 4) is 17.0 Å². The fourth-order valence-electron chi connectivity index (χ4n) is 4.82. The largest absolute Gasteiger partial charge is 0.489 e. The Morgan fingerprint density at radius 2 is 2.03 bits per heavy atom. The maximum atomic E-state index is 13.4. The van der Waals surface area contributed by atoms with Gasteiger partial charge in [-0.3, -0.25) is 9.36 Å². The monoisotopic (exact) mass is 528 g/mol. The van der Waals surface area contributed by atoms with Crippen LogP contribution in [0.25, 0.3) is 22.2 Å². The summed E-state index contributed by atoms with van der Waals surface area (Å²) >= 11 is 6.15. The molecule has 0 bridgehead atoms. The molecule has 9 nitrogen and oxygen atoms in total. The third-order valence-electron chi connectivity index (χ3n) is 6.64. The van der Waals surface area contributed by atoms with Gasteiger partial charge >= 0.3 is 0 Å². The van der Waals surface area contributed by atoms with E-state index >= 15 is 0 Å². The van der Waals surface area contributed by atoms with Gasteiger partial charge in [0, 0.05) is 36.0 Å². The molecule has 0 amide bonds. The lowest BCUT2D eigenvalue weighted by Crippen LogP contribution is -2.26. The molecule has 37 heavy (non-hydrogen) atoms. The van der Waals surface area contributed by atoms with E-state index in [2.05, 4.69) is 20.1 Å². The number of nitrogens with one attached hydrogen (secondary N) is 1. The highest BCUT2D eigenvalue weighted by Gasteiger charge is 2.27. The van der Waals surface area contributed by atoms with Gasteiger partial charge in [-0.25, -0.2) is 9.37 Å². The van der Waals surface area contributed by atoms with Gasteiger partial charge < -0.3 is 20.3 Å².